The summed E-state index contributed by atoms with van der Waals surface area (Å²) >= 11 is 0. The van der Waals surface area contributed by atoms with Crippen LogP contribution in [0.2, 0.25) is 0 Å². The maximum atomic E-state index is 12.5. The molecule has 98 valence electrons. The van der Waals surface area contributed by atoms with Crippen molar-refractivity contribution in [2.24, 2.45) is 0 Å². The summed E-state index contributed by atoms with van der Waals surface area (Å²) in [7, 11) is 0. The molecular formula is C13H9F3N2O. The van der Waals surface area contributed by atoms with Gasteiger partial charge in [-0.1, -0.05) is 18.2 Å². The number of para-hydroxylation sites is 1. The average Bonchev–Trinajstić information content (AvgIpc) is 2.39. The quantitative estimate of drug-likeness (QED) is 0.905. The SMILES string of the molecule is O=C(Nc1ccccc1)c1ccnc(C(F)(F)F)c1. The van der Waals surface area contributed by atoms with Crippen molar-refractivity contribution >= 4 is 11.6 Å². The highest BCUT2D eigenvalue weighted by Gasteiger charge is 2.32. The third kappa shape index (κ3) is 3.31. The molecular weight excluding hydrogens is 257 g/mol. The molecule has 0 aliphatic carbocycles. The molecule has 0 aliphatic rings. The molecule has 1 amide bonds. The van der Waals surface area contributed by atoms with E-state index in [4.69, 9.17) is 0 Å². The van der Waals surface area contributed by atoms with Crippen molar-refractivity contribution in [1.29, 1.82) is 0 Å². The molecule has 1 heterocycles. The number of nitrogens with zero attached hydrogens (tertiary/aromatic N) is 1. The third-order valence-electron chi connectivity index (χ3n) is 2.34. The van der Waals surface area contributed by atoms with Crippen LogP contribution in [0.15, 0.2) is 48.7 Å². The lowest BCUT2D eigenvalue weighted by molar-refractivity contribution is -0.141. The molecule has 0 fully saturated rings. The first-order valence-electron chi connectivity index (χ1n) is 5.36. The van der Waals surface area contributed by atoms with Crippen molar-refractivity contribution in [3.63, 3.8) is 0 Å². The molecule has 1 aromatic heterocycles. The highest BCUT2D eigenvalue weighted by molar-refractivity contribution is 6.04. The molecule has 0 atom stereocenters. The predicted octanol–water partition coefficient (Wildman–Crippen LogP) is 3.35. The van der Waals surface area contributed by atoms with Crippen molar-refractivity contribution in [2.75, 3.05) is 5.32 Å². The number of alkyl halides is 3. The summed E-state index contributed by atoms with van der Waals surface area (Å²) in [4.78, 5) is 15.0. The Balaban J connectivity index is 2.20. The van der Waals surface area contributed by atoms with Gasteiger partial charge in [0, 0.05) is 17.4 Å². The van der Waals surface area contributed by atoms with E-state index in [1.165, 1.54) is 6.07 Å². The van der Waals surface area contributed by atoms with Gasteiger partial charge in [-0.05, 0) is 24.3 Å². The molecule has 0 aliphatic heterocycles. The second-order valence-corrected chi connectivity index (χ2v) is 3.75. The van der Waals surface area contributed by atoms with Crippen LogP contribution in [0.4, 0.5) is 18.9 Å². The fourth-order valence-electron chi connectivity index (χ4n) is 1.45. The monoisotopic (exact) mass is 266 g/mol. The number of halogens is 3. The average molecular weight is 266 g/mol. The Morgan fingerprint density at radius 2 is 1.79 bits per heavy atom. The summed E-state index contributed by atoms with van der Waals surface area (Å²) in [5.74, 6) is -0.612. The minimum Gasteiger partial charge on any atom is -0.322 e. The number of nitrogens with one attached hydrogen (secondary N) is 1. The summed E-state index contributed by atoms with van der Waals surface area (Å²) in [6.07, 6.45) is -3.61. The zero-order valence-corrected chi connectivity index (χ0v) is 9.61. The molecule has 0 saturated carbocycles. The molecule has 6 heteroatoms. The van der Waals surface area contributed by atoms with Crippen molar-refractivity contribution in [3.8, 4) is 0 Å². The van der Waals surface area contributed by atoms with Gasteiger partial charge in [0.25, 0.3) is 5.91 Å². The molecule has 1 aromatic carbocycles. The van der Waals surface area contributed by atoms with E-state index in [-0.39, 0.29) is 5.56 Å². The summed E-state index contributed by atoms with van der Waals surface area (Å²) in [6, 6.07) is 10.4. The number of anilines is 1. The van der Waals surface area contributed by atoms with Crippen LogP contribution in [0.25, 0.3) is 0 Å². The zero-order chi connectivity index (χ0) is 13.9. The number of benzene rings is 1. The zero-order valence-electron chi connectivity index (χ0n) is 9.61. The lowest BCUT2D eigenvalue weighted by atomic mass is 10.2. The Hall–Kier alpha value is -2.37. The smallest absolute Gasteiger partial charge is 0.322 e. The molecule has 0 spiro atoms. The molecule has 0 unspecified atom stereocenters. The van der Waals surface area contributed by atoms with E-state index in [9.17, 15) is 18.0 Å². The summed E-state index contributed by atoms with van der Waals surface area (Å²) in [5.41, 5.74) is -0.669. The molecule has 2 rings (SSSR count). The van der Waals surface area contributed by atoms with E-state index < -0.39 is 17.8 Å². The first-order valence-corrected chi connectivity index (χ1v) is 5.36. The standard InChI is InChI=1S/C13H9F3N2O/c14-13(15,16)11-8-9(6-7-17-11)12(19)18-10-4-2-1-3-5-10/h1-8H,(H,18,19). The number of carbonyl (C=O) groups excluding carboxylic acids is 1. The van der Waals surface area contributed by atoms with Crippen molar-refractivity contribution in [1.82, 2.24) is 4.98 Å². The number of hydrogen-bond acceptors (Lipinski definition) is 2. The Labute approximate surface area is 107 Å². The Morgan fingerprint density at radius 3 is 2.42 bits per heavy atom. The highest BCUT2D eigenvalue weighted by Crippen LogP contribution is 2.27. The highest BCUT2D eigenvalue weighted by atomic mass is 19.4. The summed E-state index contributed by atoms with van der Waals surface area (Å²) in [5, 5.41) is 2.50. The van der Waals surface area contributed by atoms with Gasteiger partial charge >= 0.3 is 6.18 Å². The van der Waals surface area contributed by atoms with E-state index in [2.05, 4.69) is 10.3 Å². The molecule has 0 radical (unpaired) electrons. The van der Waals surface area contributed by atoms with Gasteiger partial charge in [-0.15, -0.1) is 0 Å². The fraction of sp³-hybridized carbons (Fsp3) is 0.0769. The molecule has 3 nitrogen and oxygen atoms in total. The van der Waals surface area contributed by atoms with Crippen molar-refractivity contribution in [2.45, 2.75) is 6.18 Å². The predicted molar refractivity (Wildman–Crippen MR) is 63.6 cm³/mol. The second-order valence-electron chi connectivity index (χ2n) is 3.75. The number of pyridine rings is 1. The number of aromatic nitrogens is 1. The van der Waals surface area contributed by atoms with Gasteiger partial charge in [0.05, 0.1) is 0 Å². The van der Waals surface area contributed by atoms with Crippen LogP contribution in [0, 0.1) is 0 Å². The van der Waals surface area contributed by atoms with Crippen LogP contribution in [0.3, 0.4) is 0 Å². The Morgan fingerprint density at radius 1 is 1.11 bits per heavy atom. The van der Waals surface area contributed by atoms with Gasteiger partial charge in [-0.2, -0.15) is 13.2 Å². The van der Waals surface area contributed by atoms with E-state index in [1.54, 1.807) is 30.3 Å². The minimum absolute atomic E-state index is 0.0915. The van der Waals surface area contributed by atoms with E-state index in [1.807, 2.05) is 0 Å². The Bertz CT molecular complexity index is 582. The van der Waals surface area contributed by atoms with Crippen LogP contribution >= 0.6 is 0 Å². The van der Waals surface area contributed by atoms with Crippen LogP contribution in [0.5, 0.6) is 0 Å². The molecule has 0 bridgehead atoms. The summed E-state index contributed by atoms with van der Waals surface area (Å²) in [6.45, 7) is 0. The topological polar surface area (TPSA) is 42.0 Å². The van der Waals surface area contributed by atoms with Crippen LogP contribution in [-0.4, -0.2) is 10.9 Å². The van der Waals surface area contributed by atoms with Crippen molar-refractivity contribution in [3.05, 3.63) is 59.9 Å². The van der Waals surface area contributed by atoms with E-state index in [0.717, 1.165) is 12.3 Å². The summed E-state index contributed by atoms with van der Waals surface area (Å²) < 4.78 is 37.4. The minimum atomic E-state index is -4.57. The number of carbonyl (C=O) groups is 1. The normalized spacial score (nSPS) is 11.1. The van der Waals surface area contributed by atoms with Crippen LogP contribution < -0.4 is 5.32 Å². The van der Waals surface area contributed by atoms with Crippen LogP contribution in [0.1, 0.15) is 16.1 Å². The molecule has 19 heavy (non-hydrogen) atoms. The van der Waals surface area contributed by atoms with Gasteiger partial charge in [0.1, 0.15) is 5.69 Å². The van der Waals surface area contributed by atoms with Gasteiger partial charge in [0.15, 0.2) is 0 Å². The number of rotatable bonds is 2. The molecule has 2 aromatic rings. The van der Waals surface area contributed by atoms with E-state index in [0.29, 0.717) is 5.69 Å². The lowest BCUT2D eigenvalue weighted by Gasteiger charge is -2.08. The second kappa shape index (κ2) is 5.09. The lowest BCUT2D eigenvalue weighted by Crippen LogP contribution is -2.14. The molecule has 0 saturated heterocycles. The maximum absolute atomic E-state index is 12.5. The third-order valence-corrected chi connectivity index (χ3v) is 2.34. The molecule has 1 N–H and O–H groups in total. The van der Waals surface area contributed by atoms with Gasteiger partial charge in [-0.3, -0.25) is 9.78 Å². The van der Waals surface area contributed by atoms with Gasteiger partial charge < -0.3 is 5.32 Å². The first kappa shape index (κ1) is 13.1. The first-order chi connectivity index (χ1) is 8.97. The largest absolute Gasteiger partial charge is 0.433 e. The Kier molecular flexibility index (Phi) is 3.50. The fourth-order valence-corrected chi connectivity index (χ4v) is 1.45. The maximum Gasteiger partial charge on any atom is 0.433 e. The van der Waals surface area contributed by atoms with Gasteiger partial charge in [-0.25, -0.2) is 0 Å². The van der Waals surface area contributed by atoms with Crippen molar-refractivity contribution < 1.29 is 18.0 Å². The number of amides is 1. The number of hydrogen-bond donors (Lipinski definition) is 1. The van der Waals surface area contributed by atoms with E-state index >= 15 is 0 Å². The van der Waals surface area contributed by atoms with Gasteiger partial charge in [0.2, 0.25) is 0 Å². The van der Waals surface area contributed by atoms with Crippen LogP contribution in [-0.2, 0) is 6.18 Å².